The third-order valence-corrected chi connectivity index (χ3v) is 3.94. The Kier molecular flexibility index (Phi) is 3.96. The largest absolute Gasteiger partial charge is 0.469 e. The van der Waals surface area contributed by atoms with E-state index in [0.717, 1.165) is 0 Å². The zero-order valence-corrected chi connectivity index (χ0v) is 12.6. The van der Waals surface area contributed by atoms with Crippen LogP contribution in [-0.2, 0) is 13.8 Å². The van der Waals surface area contributed by atoms with Crippen LogP contribution in [-0.4, -0.2) is 48.1 Å². The van der Waals surface area contributed by atoms with Gasteiger partial charge in [0.25, 0.3) is 5.56 Å². The molecule has 126 valence electrons. The first-order chi connectivity index (χ1) is 10.7. The summed E-state index contributed by atoms with van der Waals surface area (Å²) < 4.78 is 22.3. The smallest absolute Gasteiger partial charge is 0.369 e. The third kappa shape index (κ3) is 3.27. The molecule has 0 amide bonds. The fraction of sp³-hybridized carbons (Fsp3) is 0.500. The molecular weight excluding hydrogens is 331 g/mol. The van der Waals surface area contributed by atoms with Crippen molar-refractivity contribution in [3.63, 3.8) is 0 Å². The van der Waals surface area contributed by atoms with Gasteiger partial charge in [0.05, 0.1) is 19.0 Å². The Hall–Kier alpha value is -1.82. The van der Waals surface area contributed by atoms with Gasteiger partial charge >= 0.3 is 7.82 Å². The zero-order valence-electron chi connectivity index (χ0n) is 11.7. The van der Waals surface area contributed by atoms with E-state index in [1.54, 1.807) is 0 Å². The van der Waals surface area contributed by atoms with Gasteiger partial charge in [-0.05, 0) is 0 Å². The fourth-order valence-electron chi connectivity index (χ4n) is 2.41. The van der Waals surface area contributed by atoms with Crippen molar-refractivity contribution < 1.29 is 23.6 Å². The van der Waals surface area contributed by atoms with Gasteiger partial charge in [-0.1, -0.05) is 0 Å². The summed E-state index contributed by atoms with van der Waals surface area (Å²) in [6, 6.07) is -0.511. The van der Waals surface area contributed by atoms with Crippen molar-refractivity contribution in [1.29, 1.82) is 0 Å². The molecule has 3 atom stereocenters. The van der Waals surface area contributed by atoms with E-state index in [2.05, 4.69) is 19.5 Å². The minimum Gasteiger partial charge on any atom is -0.369 e. The number of nitrogen functional groups attached to an aromatic ring is 1. The molecule has 1 saturated heterocycles. The third-order valence-electron chi connectivity index (χ3n) is 3.45. The minimum atomic E-state index is -4.61. The number of phosphoric acid groups is 1. The van der Waals surface area contributed by atoms with E-state index in [1.165, 1.54) is 10.9 Å². The lowest BCUT2D eigenvalue weighted by atomic mass is 10.1. The SMILES string of the molecule is Nc1nc2c(ncn2[C@H]2CC(N)[C@@H](COP(=O)(O)O)O2)c(=O)[nH]1. The Morgan fingerprint density at radius 2 is 2.30 bits per heavy atom. The van der Waals surface area contributed by atoms with E-state index in [0.29, 0.717) is 6.42 Å². The molecule has 3 heterocycles. The Labute approximate surface area is 128 Å². The van der Waals surface area contributed by atoms with Crippen LogP contribution in [0.3, 0.4) is 0 Å². The van der Waals surface area contributed by atoms with Gasteiger partial charge in [0.1, 0.15) is 6.23 Å². The number of fused-ring (bicyclic) bond motifs is 1. The molecule has 23 heavy (non-hydrogen) atoms. The first-order valence-corrected chi connectivity index (χ1v) is 8.11. The number of aromatic amines is 1. The maximum Gasteiger partial charge on any atom is 0.469 e. The molecule has 0 bridgehead atoms. The summed E-state index contributed by atoms with van der Waals surface area (Å²) in [7, 11) is -4.61. The summed E-state index contributed by atoms with van der Waals surface area (Å²) in [4.78, 5) is 39.5. The molecule has 1 aliphatic heterocycles. The van der Waals surface area contributed by atoms with Crippen molar-refractivity contribution in [1.82, 2.24) is 19.5 Å². The summed E-state index contributed by atoms with van der Waals surface area (Å²) in [5, 5.41) is 0. The van der Waals surface area contributed by atoms with Crippen molar-refractivity contribution >= 4 is 24.9 Å². The van der Waals surface area contributed by atoms with Crippen LogP contribution in [0.5, 0.6) is 0 Å². The van der Waals surface area contributed by atoms with E-state index in [9.17, 15) is 9.36 Å². The molecule has 12 nitrogen and oxygen atoms in total. The summed E-state index contributed by atoms with van der Waals surface area (Å²) in [6.07, 6.45) is 0.379. The van der Waals surface area contributed by atoms with E-state index in [-0.39, 0.29) is 23.7 Å². The molecule has 0 radical (unpaired) electrons. The Bertz CT molecular complexity index is 829. The van der Waals surface area contributed by atoms with Gasteiger partial charge in [0.2, 0.25) is 5.95 Å². The highest BCUT2D eigenvalue weighted by Crippen LogP contribution is 2.38. The molecule has 0 spiro atoms. The molecule has 7 N–H and O–H groups in total. The number of nitrogens with one attached hydrogen (secondary N) is 1. The highest BCUT2D eigenvalue weighted by Gasteiger charge is 2.36. The number of phosphoric ester groups is 1. The molecule has 0 aliphatic carbocycles. The lowest BCUT2D eigenvalue weighted by molar-refractivity contribution is -0.0230. The van der Waals surface area contributed by atoms with Crippen molar-refractivity contribution in [3.05, 3.63) is 16.7 Å². The van der Waals surface area contributed by atoms with Crippen molar-refractivity contribution in [2.75, 3.05) is 12.3 Å². The maximum atomic E-state index is 11.7. The van der Waals surface area contributed by atoms with Gasteiger partial charge in [-0.2, -0.15) is 4.98 Å². The predicted octanol–water partition coefficient (Wildman–Crippen LogP) is -1.57. The molecule has 1 unspecified atom stereocenters. The van der Waals surface area contributed by atoms with Gasteiger partial charge in [-0.15, -0.1) is 0 Å². The second-order valence-electron chi connectivity index (χ2n) is 5.09. The van der Waals surface area contributed by atoms with E-state index < -0.39 is 31.8 Å². The molecule has 1 fully saturated rings. The van der Waals surface area contributed by atoms with Crippen molar-refractivity contribution in [2.45, 2.75) is 24.8 Å². The van der Waals surface area contributed by atoms with E-state index >= 15 is 0 Å². The summed E-state index contributed by atoms with van der Waals surface area (Å²) in [6.45, 7) is -0.356. The van der Waals surface area contributed by atoms with Crippen LogP contribution in [0.15, 0.2) is 11.1 Å². The Morgan fingerprint density at radius 1 is 1.57 bits per heavy atom. The molecule has 13 heteroatoms. The van der Waals surface area contributed by atoms with Gasteiger partial charge in [0, 0.05) is 12.5 Å². The lowest BCUT2D eigenvalue weighted by Crippen LogP contribution is -2.33. The van der Waals surface area contributed by atoms with Crippen LogP contribution < -0.4 is 17.0 Å². The van der Waals surface area contributed by atoms with Crippen molar-refractivity contribution in [2.24, 2.45) is 5.73 Å². The Balaban J connectivity index is 1.84. The number of aromatic nitrogens is 4. The number of rotatable bonds is 4. The number of nitrogens with zero attached hydrogens (tertiary/aromatic N) is 3. The number of H-pyrrole nitrogens is 1. The summed E-state index contributed by atoms with van der Waals surface area (Å²) in [5.74, 6) is -0.0621. The highest BCUT2D eigenvalue weighted by molar-refractivity contribution is 7.46. The zero-order chi connectivity index (χ0) is 16.8. The minimum absolute atomic E-state index is 0.0621. The fourth-order valence-corrected chi connectivity index (χ4v) is 2.75. The van der Waals surface area contributed by atoms with Crippen LogP contribution in [0.2, 0.25) is 0 Å². The van der Waals surface area contributed by atoms with Crippen LogP contribution in [0.1, 0.15) is 12.6 Å². The number of hydrogen-bond donors (Lipinski definition) is 5. The molecule has 3 rings (SSSR count). The number of hydrogen-bond acceptors (Lipinski definition) is 8. The van der Waals surface area contributed by atoms with Gasteiger partial charge in [0.15, 0.2) is 11.2 Å². The average molecular weight is 346 g/mol. The van der Waals surface area contributed by atoms with Crippen LogP contribution in [0, 0.1) is 0 Å². The van der Waals surface area contributed by atoms with Gasteiger partial charge < -0.3 is 26.0 Å². The number of anilines is 1. The molecule has 1 aliphatic rings. The molecular formula is C10H15N6O6P. The Morgan fingerprint density at radius 3 is 3.00 bits per heavy atom. The monoisotopic (exact) mass is 346 g/mol. The number of imidazole rings is 1. The first kappa shape index (κ1) is 16.1. The van der Waals surface area contributed by atoms with Crippen LogP contribution in [0.25, 0.3) is 11.2 Å². The molecule has 2 aromatic heterocycles. The van der Waals surface area contributed by atoms with E-state index in [4.69, 9.17) is 26.0 Å². The second-order valence-corrected chi connectivity index (χ2v) is 6.33. The lowest BCUT2D eigenvalue weighted by Gasteiger charge is -2.16. The van der Waals surface area contributed by atoms with Crippen LogP contribution in [0.4, 0.5) is 5.95 Å². The number of ether oxygens (including phenoxy) is 1. The van der Waals surface area contributed by atoms with Gasteiger partial charge in [-0.25, -0.2) is 9.55 Å². The quantitative estimate of drug-likeness (QED) is 0.404. The molecule has 0 aromatic carbocycles. The predicted molar refractivity (Wildman–Crippen MR) is 77.1 cm³/mol. The highest BCUT2D eigenvalue weighted by atomic mass is 31.2. The molecule has 0 saturated carbocycles. The second kappa shape index (κ2) is 5.67. The first-order valence-electron chi connectivity index (χ1n) is 6.58. The summed E-state index contributed by atoms with van der Waals surface area (Å²) >= 11 is 0. The number of nitrogens with two attached hydrogens (primary N) is 2. The van der Waals surface area contributed by atoms with Gasteiger partial charge in [-0.3, -0.25) is 18.9 Å². The maximum absolute atomic E-state index is 11.7. The van der Waals surface area contributed by atoms with E-state index in [1.807, 2.05) is 0 Å². The standard InChI is InChI=1S/C10H15N6O6P/c11-4-1-6(22-5(4)2-21-23(18,19)20)16-3-13-7-8(16)14-10(12)15-9(7)17/h3-6H,1-2,11H2,(H2,18,19,20)(H3,12,14,15,17)/t4?,5-,6-/m1/s1. The normalized spacial score (nSPS) is 25.3. The topological polar surface area (TPSA) is 192 Å². The van der Waals surface area contributed by atoms with Crippen LogP contribution >= 0.6 is 7.82 Å². The summed E-state index contributed by atoms with van der Waals surface area (Å²) in [5.41, 5.74) is 11.3. The molecule has 2 aromatic rings. The average Bonchev–Trinajstić information content (AvgIpc) is 2.99. The van der Waals surface area contributed by atoms with Crippen molar-refractivity contribution in [3.8, 4) is 0 Å².